The summed E-state index contributed by atoms with van der Waals surface area (Å²) >= 11 is 0. The Hall–Kier alpha value is -3.88. The van der Waals surface area contributed by atoms with Crippen molar-refractivity contribution >= 4 is 11.8 Å². The van der Waals surface area contributed by atoms with Crippen LogP contribution in [0.25, 0.3) is 0 Å². The quantitative estimate of drug-likeness (QED) is 0.611. The Morgan fingerprint density at radius 1 is 1.06 bits per heavy atom. The van der Waals surface area contributed by atoms with E-state index in [-0.39, 0.29) is 17.7 Å². The maximum absolute atomic E-state index is 13.1. The van der Waals surface area contributed by atoms with Crippen molar-refractivity contribution in [2.45, 2.75) is 12.8 Å². The van der Waals surface area contributed by atoms with Gasteiger partial charge in [-0.1, -0.05) is 12.1 Å². The van der Waals surface area contributed by atoms with Gasteiger partial charge < -0.3 is 19.3 Å². The van der Waals surface area contributed by atoms with Crippen LogP contribution >= 0.6 is 0 Å². The molecular weight excluding hydrogens is 422 g/mol. The smallest absolute Gasteiger partial charge is 0.259 e. The lowest BCUT2D eigenvalue weighted by Crippen LogP contribution is -2.41. The van der Waals surface area contributed by atoms with Gasteiger partial charge in [-0.3, -0.25) is 14.3 Å². The average molecular weight is 450 g/mol. The van der Waals surface area contributed by atoms with Gasteiger partial charge in [0, 0.05) is 46.0 Å². The zero-order valence-corrected chi connectivity index (χ0v) is 18.8. The molecule has 3 aromatic rings. The topological polar surface area (TPSA) is 89.8 Å². The molecule has 1 aromatic carbocycles. The number of rotatable bonds is 3. The number of benzene rings is 1. The van der Waals surface area contributed by atoms with Crippen LogP contribution in [0, 0.1) is 0 Å². The fraction of sp³-hybridized carbons (Fsp3) is 0.333. The van der Waals surface area contributed by atoms with E-state index in [2.05, 4.69) is 10.1 Å². The Labute approximate surface area is 192 Å². The molecule has 0 unspecified atom stereocenters. The summed E-state index contributed by atoms with van der Waals surface area (Å²) in [7, 11) is 3.56. The summed E-state index contributed by atoms with van der Waals surface area (Å²) in [5.41, 5.74) is 1.36. The molecule has 0 saturated heterocycles. The second kappa shape index (κ2) is 10.2. The number of aromatic nitrogens is 3. The zero-order valence-electron chi connectivity index (χ0n) is 18.8. The summed E-state index contributed by atoms with van der Waals surface area (Å²) in [5.74, 6) is 0.982. The molecule has 33 heavy (non-hydrogen) atoms. The van der Waals surface area contributed by atoms with E-state index in [0.29, 0.717) is 56.1 Å². The highest BCUT2D eigenvalue weighted by Crippen LogP contribution is 2.32. The number of nitrogens with zero attached hydrogens (tertiary/aromatic N) is 5. The minimum atomic E-state index is -0.224. The van der Waals surface area contributed by atoms with Crippen LogP contribution in [0.5, 0.6) is 17.4 Å². The van der Waals surface area contributed by atoms with Gasteiger partial charge in [-0.25, -0.2) is 4.98 Å². The van der Waals surface area contributed by atoms with Crippen LogP contribution < -0.4 is 9.47 Å². The van der Waals surface area contributed by atoms with E-state index in [1.54, 1.807) is 58.2 Å². The number of carbonyl (C=O) groups is 2. The van der Waals surface area contributed by atoms with Gasteiger partial charge in [0.15, 0.2) is 11.5 Å². The molecule has 172 valence electrons. The number of likely N-dealkylation sites (N-methyl/N-ethyl adjacent to an activating group) is 1. The summed E-state index contributed by atoms with van der Waals surface area (Å²) in [5, 5.41) is 4.15. The second-order valence-electron chi connectivity index (χ2n) is 7.88. The third kappa shape index (κ3) is 5.49. The fourth-order valence-electron chi connectivity index (χ4n) is 3.61. The van der Waals surface area contributed by atoms with Gasteiger partial charge in [0.2, 0.25) is 11.8 Å². The molecule has 9 heteroatoms. The highest BCUT2D eigenvalue weighted by molar-refractivity contribution is 5.96. The van der Waals surface area contributed by atoms with Crippen molar-refractivity contribution in [2.24, 2.45) is 7.05 Å². The molecule has 0 radical (unpaired) electrons. The SMILES string of the molecule is CN1CCN(C(=O)CCc2cnn(C)c2)CCOc2ccccc2Oc2ncccc2C1=O. The Morgan fingerprint density at radius 2 is 1.88 bits per heavy atom. The summed E-state index contributed by atoms with van der Waals surface area (Å²) in [6.45, 7) is 1.47. The fourth-order valence-corrected chi connectivity index (χ4v) is 3.61. The Bertz CT molecular complexity index is 1130. The summed E-state index contributed by atoms with van der Waals surface area (Å²) in [6, 6.07) is 10.6. The first-order chi connectivity index (χ1) is 16.0. The second-order valence-corrected chi connectivity index (χ2v) is 7.88. The van der Waals surface area contributed by atoms with Crippen LogP contribution in [0.3, 0.4) is 0 Å². The molecular formula is C24H27N5O4. The van der Waals surface area contributed by atoms with Crippen LogP contribution in [0.15, 0.2) is 55.0 Å². The minimum absolute atomic E-state index is 0.00442. The molecule has 9 nitrogen and oxygen atoms in total. The van der Waals surface area contributed by atoms with Gasteiger partial charge in [0.1, 0.15) is 12.2 Å². The maximum Gasteiger partial charge on any atom is 0.259 e. The van der Waals surface area contributed by atoms with Crippen molar-refractivity contribution in [3.8, 4) is 17.4 Å². The molecule has 0 N–H and O–H groups in total. The average Bonchev–Trinajstić information content (AvgIpc) is 3.25. The number of carbonyl (C=O) groups excluding carboxylic acids is 2. The molecule has 0 spiro atoms. The summed E-state index contributed by atoms with van der Waals surface area (Å²) < 4.78 is 13.6. The zero-order chi connectivity index (χ0) is 23.2. The molecule has 0 atom stereocenters. The van der Waals surface area contributed by atoms with Crippen molar-refractivity contribution in [3.63, 3.8) is 0 Å². The number of amides is 2. The first-order valence-corrected chi connectivity index (χ1v) is 10.9. The monoisotopic (exact) mass is 449 g/mol. The molecule has 0 bridgehead atoms. The lowest BCUT2D eigenvalue weighted by molar-refractivity contribution is -0.131. The number of aryl methyl sites for hydroxylation is 2. The van der Waals surface area contributed by atoms with E-state index in [4.69, 9.17) is 9.47 Å². The van der Waals surface area contributed by atoms with E-state index in [1.165, 1.54) is 0 Å². The Balaban J connectivity index is 1.55. The molecule has 1 aliphatic heterocycles. The van der Waals surface area contributed by atoms with E-state index in [1.807, 2.05) is 25.4 Å². The predicted molar refractivity (Wildman–Crippen MR) is 121 cm³/mol. The molecule has 0 aliphatic carbocycles. The number of pyridine rings is 1. The molecule has 1 aliphatic rings. The third-order valence-corrected chi connectivity index (χ3v) is 5.47. The van der Waals surface area contributed by atoms with Gasteiger partial charge in [-0.05, 0) is 36.2 Å². The van der Waals surface area contributed by atoms with Gasteiger partial charge in [-0.15, -0.1) is 0 Å². The largest absolute Gasteiger partial charge is 0.488 e. The first kappa shape index (κ1) is 22.3. The van der Waals surface area contributed by atoms with Crippen LogP contribution in [0.2, 0.25) is 0 Å². The minimum Gasteiger partial charge on any atom is -0.488 e. The van der Waals surface area contributed by atoms with Crippen molar-refractivity contribution in [1.82, 2.24) is 24.6 Å². The Kier molecular flexibility index (Phi) is 6.87. The van der Waals surface area contributed by atoms with Crippen LogP contribution in [-0.2, 0) is 18.3 Å². The van der Waals surface area contributed by atoms with E-state index < -0.39 is 0 Å². The van der Waals surface area contributed by atoms with E-state index in [0.717, 1.165) is 5.56 Å². The highest BCUT2D eigenvalue weighted by atomic mass is 16.5. The third-order valence-electron chi connectivity index (χ3n) is 5.47. The first-order valence-electron chi connectivity index (χ1n) is 10.9. The number of ether oxygens (including phenoxy) is 2. The molecule has 2 aromatic heterocycles. The van der Waals surface area contributed by atoms with Crippen molar-refractivity contribution in [3.05, 3.63) is 66.1 Å². The van der Waals surface area contributed by atoms with Crippen LogP contribution in [0.1, 0.15) is 22.3 Å². The number of hydrogen-bond acceptors (Lipinski definition) is 6. The summed E-state index contributed by atoms with van der Waals surface area (Å²) in [4.78, 5) is 33.7. The lowest BCUT2D eigenvalue weighted by atomic mass is 10.2. The van der Waals surface area contributed by atoms with Gasteiger partial charge >= 0.3 is 0 Å². The molecule has 2 amide bonds. The van der Waals surface area contributed by atoms with Gasteiger partial charge in [-0.2, -0.15) is 5.10 Å². The Morgan fingerprint density at radius 3 is 2.67 bits per heavy atom. The maximum atomic E-state index is 13.1. The molecule has 0 saturated carbocycles. The van der Waals surface area contributed by atoms with E-state index >= 15 is 0 Å². The van der Waals surface area contributed by atoms with E-state index in [9.17, 15) is 9.59 Å². The van der Waals surface area contributed by atoms with Gasteiger partial charge in [0.05, 0.1) is 12.7 Å². The lowest BCUT2D eigenvalue weighted by Gasteiger charge is -2.26. The standard InChI is InChI=1S/C24H27N5O4/c1-27-12-13-29(22(30)10-9-18-16-26-28(2)17-18)14-15-32-20-7-3-4-8-21(20)33-23-19(24(27)31)6-5-11-25-23/h3-8,11,16-17H,9-10,12-15H2,1-2H3. The van der Waals surface area contributed by atoms with Crippen molar-refractivity contribution < 1.29 is 19.1 Å². The van der Waals surface area contributed by atoms with Crippen LogP contribution in [-0.4, -0.2) is 69.7 Å². The number of para-hydroxylation sites is 2. The highest BCUT2D eigenvalue weighted by Gasteiger charge is 2.22. The molecule has 3 heterocycles. The number of fused-ring (bicyclic) bond motifs is 2. The molecule has 0 fully saturated rings. The molecule has 4 rings (SSSR count). The predicted octanol–water partition coefficient (Wildman–Crippen LogP) is 2.53. The van der Waals surface area contributed by atoms with Gasteiger partial charge in [0.25, 0.3) is 5.91 Å². The van der Waals surface area contributed by atoms with Crippen LogP contribution in [0.4, 0.5) is 0 Å². The van der Waals surface area contributed by atoms with Crippen molar-refractivity contribution in [2.75, 3.05) is 33.3 Å². The summed E-state index contributed by atoms with van der Waals surface area (Å²) in [6.07, 6.45) is 6.22. The van der Waals surface area contributed by atoms with Crippen molar-refractivity contribution in [1.29, 1.82) is 0 Å². The normalized spacial score (nSPS) is 14.7. The number of hydrogen-bond donors (Lipinski definition) is 0.